The summed E-state index contributed by atoms with van der Waals surface area (Å²) in [6, 6.07) is 17.1. The van der Waals surface area contributed by atoms with Crippen molar-refractivity contribution in [2.45, 2.75) is 17.7 Å². The fourth-order valence-electron chi connectivity index (χ4n) is 2.99. The quantitative estimate of drug-likeness (QED) is 0.226. The fraction of sp³-hybridized carbons (Fsp3) is 0.182. The number of carbonyl (C=O) groups excluding carboxylic acids is 2. The van der Waals surface area contributed by atoms with Gasteiger partial charge in [-0.15, -0.1) is 11.8 Å². The van der Waals surface area contributed by atoms with Gasteiger partial charge in [0.2, 0.25) is 0 Å². The smallest absolute Gasteiger partial charge is 0.316 e. The molecule has 7 heteroatoms. The molecule has 0 saturated heterocycles. The average molecular weight is 411 g/mol. The van der Waals surface area contributed by atoms with Crippen LogP contribution in [0, 0.1) is 0 Å². The van der Waals surface area contributed by atoms with Gasteiger partial charge in [-0.3, -0.25) is 9.59 Å². The van der Waals surface area contributed by atoms with E-state index >= 15 is 0 Å². The Morgan fingerprint density at radius 3 is 2.41 bits per heavy atom. The van der Waals surface area contributed by atoms with Crippen molar-refractivity contribution < 1.29 is 24.5 Å². The molecule has 150 valence electrons. The van der Waals surface area contributed by atoms with E-state index in [1.165, 1.54) is 0 Å². The first-order valence-electron chi connectivity index (χ1n) is 9.04. The van der Waals surface area contributed by atoms with Gasteiger partial charge in [-0.1, -0.05) is 54.6 Å². The summed E-state index contributed by atoms with van der Waals surface area (Å²) >= 11 is 1.16. The van der Waals surface area contributed by atoms with Crippen molar-refractivity contribution in [3.05, 3.63) is 71.8 Å². The summed E-state index contributed by atoms with van der Waals surface area (Å²) in [6.07, 6.45) is 0.738. The molecule has 0 saturated carbocycles. The van der Waals surface area contributed by atoms with Crippen LogP contribution >= 0.6 is 11.8 Å². The number of anilines is 1. The van der Waals surface area contributed by atoms with Crippen LogP contribution in [0.25, 0.3) is 10.8 Å². The van der Waals surface area contributed by atoms with Gasteiger partial charge in [0.05, 0.1) is 12.4 Å². The van der Waals surface area contributed by atoms with Crippen LogP contribution in [0.4, 0.5) is 5.69 Å². The topological polar surface area (TPSA) is 95.9 Å². The Morgan fingerprint density at radius 2 is 1.76 bits per heavy atom. The molecule has 0 unspecified atom stereocenters. The Kier molecular flexibility index (Phi) is 6.53. The summed E-state index contributed by atoms with van der Waals surface area (Å²) in [5.74, 6) is -2.68. The zero-order valence-corrected chi connectivity index (χ0v) is 16.6. The maximum atomic E-state index is 11.8. The Bertz CT molecular complexity index is 1020. The Balaban J connectivity index is 2.04. The highest BCUT2D eigenvalue weighted by Crippen LogP contribution is 2.36. The van der Waals surface area contributed by atoms with Gasteiger partial charge in [0.15, 0.2) is 6.29 Å². The van der Waals surface area contributed by atoms with Gasteiger partial charge in [0.1, 0.15) is 0 Å². The van der Waals surface area contributed by atoms with Crippen molar-refractivity contribution in [1.82, 2.24) is 0 Å². The third-order valence-electron chi connectivity index (χ3n) is 4.30. The van der Waals surface area contributed by atoms with Crippen molar-refractivity contribution in [2.75, 3.05) is 17.7 Å². The second-order valence-corrected chi connectivity index (χ2v) is 7.27. The molecule has 0 heterocycles. The minimum atomic E-state index is -2.32. The number of fused-ring (bicyclic) bond motifs is 1. The van der Waals surface area contributed by atoms with E-state index in [1.54, 1.807) is 67.6 Å². The molecule has 0 aliphatic rings. The summed E-state index contributed by atoms with van der Waals surface area (Å²) in [6.45, 7) is 2.00. The molecule has 3 rings (SSSR count). The molecule has 0 spiro atoms. The highest BCUT2D eigenvalue weighted by Gasteiger charge is 2.27. The van der Waals surface area contributed by atoms with Crippen LogP contribution in [0.1, 0.15) is 22.8 Å². The zero-order chi connectivity index (χ0) is 20.9. The Hall–Kier alpha value is -2.87. The molecular weight excluding hydrogens is 390 g/mol. The highest BCUT2D eigenvalue weighted by atomic mass is 32.2. The van der Waals surface area contributed by atoms with Gasteiger partial charge in [-0.05, 0) is 18.4 Å². The molecule has 0 bridgehead atoms. The van der Waals surface area contributed by atoms with Crippen molar-refractivity contribution >= 4 is 40.5 Å². The van der Waals surface area contributed by atoms with Gasteiger partial charge in [0, 0.05) is 27.1 Å². The number of benzene rings is 3. The summed E-state index contributed by atoms with van der Waals surface area (Å²) in [4.78, 5) is 24.1. The van der Waals surface area contributed by atoms with Crippen LogP contribution in [-0.4, -0.2) is 34.8 Å². The number of esters is 1. The lowest BCUT2D eigenvalue weighted by Crippen LogP contribution is -2.34. The molecule has 0 radical (unpaired) electrons. The monoisotopic (exact) mass is 411 g/mol. The van der Waals surface area contributed by atoms with E-state index in [2.05, 4.69) is 5.32 Å². The third kappa shape index (κ3) is 4.76. The van der Waals surface area contributed by atoms with E-state index in [0.717, 1.165) is 18.0 Å². The Labute approximate surface area is 172 Å². The summed E-state index contributed by atoms with van der Waals surface area (Å²) < 4.78 is 4.95. The number of rotatable bonds is 8. The molecule has 6 nitrogen and oxygen atoms in total. The maximum Gasteiger partial charge on any atom is 0.316 e. The maximum absolute atomic E-state index is 11.8. The van der Waals surface area contributed by atoms with Crippen LogP contribution in [0.2, 0.25) is 0 Å². The first-order chi connectivity index (χ1) is 14.0. The van der Waals surface area contributed by atoms with E-state index in [1.807, 2.05) is 0 Å². The normalized spacial score (nSPS) is 11.3. The standard InChI is InChI=1S/C22H21NO5S/c1-2-28-21(25)14-29-20-12-19(17-11-7-6-10-16(17)18(20)13-24)23-22(26,27)15-8-4-3-5-9-15/h3-13,23,26-27H,2,14H2,1H3. The number of hydrogen-bond acceptors (Lipinski definition) is 7. The van der Waals surface area contributed by atoms with Crippen molar-refractivity contribution in [1.29, 1.82) is 0 Å². The Morgan fingerprint density at radius 1 is 1.10 bits per heavy atom. The number of thioether (sulfide) groups is 1. The lowest BCUT2D eigenvalue weighted by Gasteiger charge is -2.26. The summed E-state index contributed by atoms with van der Waals surface area (Å²) in [5.41, 5.74) is 1.12. The SMILES string of the molecule is CCOC(=O)CSc1cc(NC(O)(O)c2ccccc2)c2ccccc2c1C=O. The highest BCUT2D eigenvalue weighted by molar-refractivity contribution is 8.00. The van der Waals surface area contributed by atoms with Gasteiger partial charge in [-0.25, -0.2) is 0 Å². The minimum absolute atomic E-state index is 0.0362. The molecule has 29 heavy (non-hydrogen) atoms. The minimum Gasteiger partial charge on any atom is -0.465 e. The van der Waals surface area contributed by atoms with Crippen molar-refractivity contribution in [2.24, 2.45) is 0 Å². The van der Waals surface area contributed by atoms with Crippen molar-refractivity contribution in [3.63, 3.8) is 0 Å². The van der Waals surface area contributed by atoms with Crippen LogP contribution in [0.15, 0.2) is 65.6 Å². The zero-order valence-electron chi connectivity index (χ0n) is 15.8. The van der Waals surface area contributed by atoms with Crippen molar-refractivity contribution in [3.8, 4) is 0 Å². The molecule has 0 atom stereocenters. The fourth-order valence-corrected chi connectivity index (χ4v) is 3.86. The lowest BCUT2D eigenvalue weighted by molar-refractivity contribution is -0.143. The molecule has 0 aromatic heterocycles. The van der Waals surface area contributed by atoms with Crippen LogP contribution in [0.5, 0.6) is 0 Å². The number of aliphatic hydroxyl groups is 2. The second-order valence-electron chi connectivity index (χ2n) is 6.26. The number of aldehydes is 1. The molecule has 0 fully saturated rings. The molecule has 0 aliphatic carbocycles. The van der Waals surface area contributed by atoms with Crippen LogP contribution in [-0.2, 0) is 15.4 Å². The second kappa shape index (κ2) is 9.09. The number of nitrogens with one attached hydrogen (secondary N) is 1. The predicted octanol–water partition coefficient (Wildman–Crippen LogP) is 3.51. The van der Waals surface area contributed by atoms with E-state index in [4.69, 9.17) is 4.74 Å². The number of hydrogen-bond donors (Lipinski definition) is 3. The van der Waals surface area contributed by atoms with Gasteiger partial charge in [0.25, 0.3) is 5.91 Å². The van der Waals surface area contributed by atoms with Crippen LogP contribution < -0.4 is 5.32 Å². The molecule has 0 amide bonds. The largest absolute Gasteiger partial charge is 0.465 e. The van der Waals surface area contributed by atoms with Gasteiger partial charge >= 0.3 is 5.97 Å². The van der Waals surface area contributed by atoms with Gasteiger partial charge < -0.3 is 20.3 Å². The summed E-state index contributed by atoms with van der Waals surface area (Å²) in [5, 5.41) is 25.2. The van der Waals surface area contributed by atoms with E-state index in [0.29, 0.717) is 26.9 Å². The summed E-state index contributed by atoms with van der Waals surface area (Å²) in [7, 11) is 0. The lowest BCUT2D eigenvalue weighted by atomic mass is 10.0. The predicted molar refractivity (Wildman–Crippen MR) is 113 cm³/mol. The molecule has 3 aromatic rings. The average Bonchev–Trinajstić information content (AvgIpc) is 2.73. The first kappa shape index (κ1) is 20.9. The molecule has 0 aliphatic heterocycles. The number of carbonyl (C=O) groups is 2. The van der Waals surface area contributed by atoms with E-state index < -0.39 is 5.91 Å². The van der Waals surface area contributed by atoms with E-state index in [-0.39, 0.29) is 23.9 Å². The number of ether oxygens (including phenoxy) is 1. The molecule has 3 aromatic carbocycles. The van der Waals surface area contributed by atoms with E-state index in [9.17, 15) is 19.8 Å². The third-order valence-corrected chi connectivity index (χ3v) is 5.33. The molecule has 3 N–H and O–H groups in total. The van der Waals surface area contributed by atoms with Crippen LogP contribution in [0.3, 0.4) is 0 Å². The molecular formula is C22H21NO5S. The first-order valence-corrected chi connectivity index (χ1v) is 10.0. The van der Waals surface area contributed by atoms with Gasteiger partial charge in [-0.2, -0.15) is 0 Å².